The van der Waals surface area contributed by atoms with Crippen molar-refractivity contribution in [3.05, 3.63) is 87.2 Å². The molecule has 0 unspecified atom stereocenters. The van der Waals surface area contributed by atoms with E-state index in [4.69, 9.17) is 16.4 Å². The Labute approximate surface area is 171 Å². The molecule has 0 fully saturated rings. The summed E-state index contributed by atoms with van der Waals surface area (Å²) in [6, 6.07) is 13.0. The Hall–Kier alpha value is -3.45. The van der Waals surface area contributed by atoms with Gasteiger partial charge in [0.05, 0.1) is 39.6 Å². The maximum Gasteiger partial charge on any atom is 0.363 e. The van der Waals surface area contributed by atoms with Gasteiger partial charge < -0.3 is 4.84 Å². The van der Waals surface area contributed by atoms with Crippen LogP contribution in [0, 0.1) is 13.8 Å². The number of aryl methyl sites for hydroxylation is 1. The van der Waals surface area contributed by atoms with Gasteiger partial charge in [-0.3, -0.25) is 14.3 Å². The molecule has 0 N–H and O–H groups in total. The number of hydroxylamine groups is 2. The number of benzene rings is 2. The highest BCUT2D eigenvalue weighted by Gasteiger charge is 2.38. The van der Waals surface area contributed by atoms with Crippen molar-refractivity contribution in [2.24, 2.45) is 0 Å². The summed E-state index contributed by atoms with van der Waals surface area (Å²) >= 11 is 6.17. The number of hydrogen-bond acceptors (Lipinski definition) is 5. The monoisotopic (exact) mass is 409 g/mol. The standard InChI is InChI=1S/C21H16ClN3O4/c1-12-18(22)13(2)24(23-12)11-14-7-9-15(10-8-14)21(28)29-25-19(26)16-5-3-4-6-17(16)20(25)27/h3-10H,11H2,1-2H3. The normalized spacial score (nSPS) is 13.0. The van der Waals surface area contributed by atoms with Crippen LogP contribution in [-0.4, -0.2) is 32.6 Å². The van der Waals surface area contributed by atoms with Gasteiger partial charge in [-0.15, -0.1) is 0 Å². The van der Waals surface area contributed by atoms with Gasteiger partial charge in [0, 0.05) is 0 Å². The van der Waals surface area contributed by atoms with Crippen LogP contribution in [0.4, 0.5) is 0 Å². The quantitative estimate of drug-likeness (QED) is 0.615. The van der Waals surface area contributed by atoms with Gasteiger partial charge in [-0.05, 0) is 43.7 Å². The summed E-state index contributed by atoms with van der Waals surface area (Å²) in [4.78, 5) is 42.1. The van der Waals surface area contributed by atoms with Crippen LogP contribution in [0.5, 0.6) is 0 Å². The lowest BCUT2D eigenvalue weighted by Gasteiger charge is -2.13. The Morgan fingerprint density at radius 2 is 1.59 bits per heavy atom. The number of carbonyl (C=O) groups excluding carboxylic acids is 3. The fourth-order valence-corrected chi connectivity index (χ4v) is 3.27. The molecule has 0 aliphatic carbocycles. The van der Waals surface area contributed by atoms with E-state index in [9.17, 15) is 14.4 Å². The van der Waals surface area contributed by atoms with Gasteiger partial charge in [-0.2, -0.15) is 5.10 Å². The zero-order valence-corrected chi connectivity index (χ0v) is 16.4. The number of hydrogen-bond donors (Lipinski definition) is 0. The highest BCUT2D eigenvalue weighted by Crippen LogP contribution is 2.24. The molecule has 4 rings (SSSR count). The molecule has 146 valence electrons. The molecule has 0 saturated heterocycles. The average Bonchev–Trinajstić information content (AvgIpc) is 3.11. The average molecular weight is 410 g/mol. The largest absolute Gasteiger partial charge is 0.363 e. The summed E-state index contributed by atoms with van der Waals surface area (Å²) in [7, 11) is 0. The molecule has 1 aliphatic rings. The van der Waals surface area contributed by atoms with E-state index >= 15 is 0 Å². The van der Waals surface area contributed by atoms with E-state index in [-0.39, 0.29) is 16.7 Å². The summed E-state index contributed by atoms with van der Waals surface area (Å²) in [6.45, 7) is 4.22. The fraction of sp³-hybridized carbons (Fsp3) is 0.143. The highest BCUT2D eigenvalue weighted by atomic mass is 35.5. The van der Waals surface area contributed by atoms with Gasteiger partial charge in [0.15, 0.2) is 0 Å². The molecule has 0 atom stereocenters. The third-order valence-corrected chi connectivity index (χ3v) is 5.29. The smallest absolute Gasteiger partial charge is 0.324 e. The van der Waals surface area contributed by atoms with E-state index in [0.29, 0.717) is 16.6 Å². The Bertz CT molecular complexity index is 1120. The van der Waals surface area contributed by atoms with E-state index in [1.807, 2.05) is 13.8 Å². The zero-order valence-electron chi connectivity index (χ0n) is 15.7. The molecular weight excluding hydrogens is 394 g/mol. The summed E-state index contributed by atoms with van der Waals surface area (Å²) in [5, 5.41) is 5.51. The summed E-state index contributed by atoms with van der Waals surface area (Å²) in [6.07, 6.45) is 0. The molecule has 0 spiro atoms. The van der Waals surface area contributed by atoms with Gasteiger partial charge in [0.2, 0.25) is 0 Å². The highest BCUT2D eigenvalue weighted by molar-refractivity contribution is 6.31. The predicted octanol–water partition coefficient (Wildman–Crippen LogP) is 3.57. The summed E-state index contributed by atoms with van der Waals surface area (Å²) < 4.78 is 1.78. The van der Waals surface area contributed by atoms with Crippen LogP contribution in [0.25, 0.3) is 0 Å². The van der Waals surface area contributed by atoms with Crippen LogP contribution in [0.3, 0.4) is 0 Å². The van der Waals surface area contributed by atoms with Gasteiger partial charge in [0.25, 0.3) is 11.8 Å². The minimum Gasteiger partial charge on any atom is -0.324 e. The number of aromatic nitrogens is 2. The van der Waals surface area contributed by atoms with Crippen LogP contribution in [-0.2, 0) is 11.4 Å². The van der Waals surface area contributed by atoms with Crippen LogP contribution in [0.15, 0.2) is 48.5 Å². The molecule has 2 aromatic carbocycles. The molecule has 1 aromatic heterocycles. The first kappa shape index (κ1) is 18.9. The number of halogens is 1. The van der Waals surface area contributed by atoms with Crippen LogP contribution in [0.2, 0.25) is 5.02 Å². The SMILES string of the molecule is Cc1nn(Cc2ccc(C(=O)ON3C(=O)c4ccccc4C3=O)cc2)c(C)c1Cl. The van der Waals surface area contributed by atoms with Crippen molar-refractivity contribution < 1.29 is 19.2 Å². The number of rotatable bonds is 4. The third kappa shape index (κ3) is 3.30. The van der Waals surface area contributed by atoms with Crippen LogP contribution >= 0.6 is 11.6 Å². The van der Waals surface area contributed by atoms with E-state index < -0.39 is 17.8 Å². The topological polar surface area (TPSA) is 81.5 Å². The Morgan fingerprint density at radius 3 is 2.10 bits per heavy atom. The fourth-order valence-electron chi connectivity index (χ4n) is 3.13. The third-order valence-electron chi connectivity index (χ3n) is 4.75. The molecule has 2 amide bonds. The Morgan fingerprint density at radius 1 is 1.00 bits per heavy atom. The molecular formula is C21H16ClN3O4. The second-order valence-electron chi connectivity index (χ2n) is 6.67. The predicted molar refractivity (Wildman–Crippen MR) is 105 cm³/mol. The zero-order chi connectivity index (χ0) is 20.7. The van der Waals surface area contributed by atoms with Gasteiger partial charge in [-0.1, -0.05) is 40.9 Å². The van der Waals surface area contributed by atoms with Crippen molar-refractivity contribution >= 4 is 29.4 Å². The van der Waals surface area contributed by atoms with Gasteiger partial charge in [0.1, 0.15) is 0 Å². The molecule has 3 aromatic rings. The molecule has 29 heavy (non-hydrogen) atoms. The lowest BCUT2D eigenvalue weighted by Crippen LogP contribution is -2.32. The van der Waals surface area contributed by atoms with Gasteiger partial charge in [-0.25, -0.2) is 4.79 Å². The van der Waals surface area contributed by atoms with Crippen molar-refractivity contribution in [2.45, 2.75) is 20.4 Å². The number of amides is 2. The first-order valence-corrected chi connectivity index (χ1v) is 9.23. The second kappa shape index (κ2) is 7.18. The minimum absolute atomic E-state index is 0.212. The van der Waals surface area contributed by atoms with Crippen molar-refractivity contribution in [3.8, 4) is 0 Å². The number of nitrogens with zero attached hydrogens (tertiary/aromatic N) is 3. The van der Waals surface area contributed by atoms with Crippen molar-refractivity contribution in [1.29, 1.82) is 0 Å². The number of carbonyl (C=O) groups is 3. The van der Waals surface area contributed by atoms with E-state index in [1.165, 1.54) is 12.1 Å². The van der Waals surface area contributed by atoms with E-state index in [0.717, 1.165) is 17.0 Å². The molecule has 7 nitrogen and oxygen atoms in total. The van der Waals surface area contributed by atoms with Crippen LogP contribution < -0.4 is 0 Å². The van der Waals surface area contributed by atoms with Crippen molar-refractivity contribution in [3.63, 3.8) is 0 Å². The molecule has 0 saturated carbocycles. The minimum atomic E-state index is -0.791. The first-order chi connectivity index (χ1) is 13.9. The first-order valence-electron chi connectivity index (χ1n) is 8.85. The molecule has 1 aliphatic heterocycles. The lowest BCUT2D eigenvalue weighted by atomic mass is 10.1. The molecule has 8 heteroatoms. The Balaban J connectivity index is 1.47. The van der Waals surface area contributed by atoms with Crippen molar-refractivity contribution in [1.82, 2.24) is 14.8 Å². The molecule has 2 heterocycles. The second-order valence-corrected chi connectivity index (χ2v) is 7.05. The molecule has 0 radical (unpaired) electrons. The summed E-state index contributed by atoms with van der Waals surface area (Å²) in [5.74, 6) is -2.10. The van der Waals surface area contributed by atoms with Crippen LogP contribution in [0.1, 0.15) is 48.0 Å². The number of imide groups is 1. The molecule has 0 bridgehead atoms. The lowest BCUT2D eigenvalue weighted by molar-refractivity contribution is -0.0584. The number of fused-ring (bicyclic) bond motifs is 1. The summed E-state index contributed by atoms with van der Waals surface area (Å²) in [5.41, 5.74) is 3.17. The Kier molecular flexibility index (Phi) is 4.68. The van der Waals surface area contributed by atoms with Crippen molar-refractivity contribution in [2.75, 3.05) is 0 Å². The van der Waals surface area contributed by atoms with E-state index in [1.54, 1.807) is 41.1 Å². The van der Waals surface area contributed by atoms with Gasteiger partial charge >= 0.3 is 5.97 Å². The van der Waals surface area contributed by atoms with E-state index in [2.05, 4.69) is 5.10 Å². The maximum absolute atomic E-state index is 12.4. The maximum atomic E-state index is 12.4.